The first-order chi connectivity index (χ1) is 8.43. The lowest BCUT2D eigenvalue weighted by Gasteiger charge is -2.25. The predicted molar refractivity (Wildman–Crippen MR) is 71.5 cm³/mol. The van der Waals surface area contributed by atoms with Gasteiger partial charge in [-0.05, 0) is 79.0 Å². The van der Waals surface area contributed by atoms with E-state index in [1.807, 2.05) is 0 Å². The second-order valence-corrected chi connectivity index (χ2v) is 6.33. The van der Waals surface area contributed by atoms with Crippen molar-refractivity contribution >= 4 is 0 Å². The van der Waals surface area contributed by atoms with E-state index in [2.05, 4.69) is 12.1 Å². The molecule has 0 heteroatoms. The second kappa shape index (κ2) is 3.86. The Morgan fingerprint density at radius 1 is 0.824 bits per heavy atom. The van der Waals surface area contributed by atoms with E-state index in [4.69, 9.17) is 0 Å². The third-order valence-corrected chi connectivity index (χ3v) is 5.46. The molecule has 2 atom stereocenters. The average Bonchev–Trinajstić information content (AvgIpc) is 2.78. The molecular weight excluding hydrogens is 204 g/mol. The third-order valence-electron chi connectivity index (χ3n) is 5.46. The van der Waals surface area contributed by atoms with E-state index in [9.17, 15) is 0 Å². The molecule has 0 amide bonds. The van der Waals surface area contributed by atoms with Crippen molar-refractivity contribution in [2.75, 3.05) is 0 Å². The molecule has 0 aliphatic heterocycles. The summed E-state index contributed by atoms with van der Waals surface area (Å²) in [6.45, 7) is 0. The fraction of sp³-hybridized carbons (Fsp3) is 0.647. The van der Waals surface area contributed by atoms with Crippen molar-refractivity contribution in [3.8, 4) is 0 Å². The average molecular weight is 226 g/mol. The molecule has 2 unspecified atom stereocenters. The Labute approximate surface area is 104 Å². The highest BCUT2D eigenvalue weighted by Gasteiger charge is 2.35. The molecule has 0 bridgehead atoms. The first kappa shape index (κ1) is 10.2. The largest absolute Gasteiger partial charge is 0.0585 e. The van der Waals surface area contributed by atoms with Crippen molar-refractivity contribution in [3.63, 3.8) is 0 Å². The zero-order valence-electron chi connectivity index (χ0n) is 10.7. The lowest BCUT2D eigenvalue weighted by Crippen LogP contribution is -2.12. The molecule has 0 spiro atoms. The molecule has 1 fully saturated rings. The van der Waals surface area contributed by atoms with Gasteiger partial charge in [0.15, 0.2) is 0 Å². The molecule has 0 nitrogen and oxygen atoms in total. The van der Waals surface area contributed by atoms with Gasteiger partial charge in [-0.2, -0.15) is 0 Å². The quantitative estimate of drug-likeness (QED) is 0.615. The maximum atomic E-state index is 2.50. The molecule has 1 aromatic rings. The van der Waals surface area contributed by atoms with Gasteiger partial charge in [-0.3, -0.25) is 0 Å². The summed E-state index contributed by atoms with van der Waals surface area (Å²) in [6.07, 6.45) is 12.9. The molecule has 1 aromatic carbocycles. The van der Waals surface area contributed by atoms with Crippen LogP contribution in [0.4, 0.5) is 0 Å². The first-order valence-electron chi connectivity index (χ1n) is 7.57. The number of benzene rings is 1. The number of hydrogen-bond donors (Lipinski definition) is 0. The maximum absolute atomic E-state index is 2.50. The number of aryl methyl sites for hydroxylation is 1. The van der Waals surface area contributed by atoms with E-state index in [0.29, 0.717) is 0 Å². The molecule has 0 heterocycles. The highest BCUT2D eigenvalue weighted by atomic mass is 14.4. The Morgan fingerprint density at radius 3 is 2.71 bits per heavy atom. The minimum absolute atomic E-state index is 0.936. The van der Waals surface area contributed by atoms with E-state index < -0.39 is 0 Å². The highest BCUT2D eigenvalue weighted by molar-refractivity contribution is 5.47. The van der Waals surface area contributed by atoms with Crippen LogP contribution in [0.3, 0.4) is 0 Å². The molecule has 90 valence electrons. The number of rotatable bonds is 0. The standard InChI is InChI=1S/C17H22/c1-3-7-14-12(5-1)9-10-16-15-8-4-2-6-13(15)11-17(14)16/h9-10,13,15H,1-8,11H2. The Morgan fingerprint density at radius 2 is 1.71 bits per heavy atom. The van der Waals surface area contributed by atoms with Gasteiger partial charge >= 0.3 is 0 Å². The summed E-state index contributed by atoms with van der Waals surface area (Å²) in [5, 5.41) is 0. The predicted octanol–water partition coefficient (Wildman–Crippen LogP) is 4.40. The van der Waals surface area contributed by atoms with Crippen LogP contribution in [0.15, 0.2) is 12.1 Å². The summed E-state index contributed by atoms with van der Waals surface area (Å²) >= 11 is 0. The van der Waals surface area contributed by atoms with Crippen LogP contribution in [0, 0.1) is 5.92 Å². The van der Waals surface area contributed by atoms with Crippen LogP contribution in [0.5, 0.6) is 0 Å². The van der Waals surface area contributed by atoms with E-state index in [1.54, 1.807) is 22.3 Å². The normalized spacial score (nSPS) is 30.6. The van der Waals surface area contributed by atoms with Crippen molar-refractivity contribution in [2.24, 2.45) is 5.92 Å². The van der Waals surface area contributed by atoms with Crippen molar-refractivity contribution in [1.82, 2.24) is 0 Å². The van der Waals surface area contributed by atoms with Gasteiger partial charge in [0.2, 0.25) is 0 Å². The Hall–Kier alpha value is -0.780. The van der Waals surface area contributed by atoms with Crippen LogP contribution in [0.1, 0.15) is 66.7 Å². The zero-order valence-corrected chi connectivity index (χ0v) is 10.7. The molecule has 0 N–H and O–H groups in total. The van der Waals surface area contributed by atoms with Gasteiger partial charge in [0.05, 0.1) is 0 Å². The maximum Gasteiger partial charge on any atom is -0.0128 e. The van der Waals surface area contributed by atoms with Crippen LogP contribution >= 0.6 is 0 Å². The first-order valence-corrected chi connectivity index (χ1v) is 7.57. The van der Waals surface area contributed by atoms with E-state index in [-0.39, 0.29) is 0 Å². The summed E-state index contributed by atoms with van der Waals surface area (Å²) in [4.78, 5) is 0. The molecular formula is C17H22. The monoisotopic (exact) mass is 226 g/mol. The molecule has 0 radical (unpaired) electrons. The summed E-state index contributed by atoms with van der Waals surface area (Å²) < 4.78 is 0. The zero-order chi connectivity index (χ0) is 11.2. The summed E-state index contributed by atoms with van der Waals surface area (Å²) in [5.41, 5.74) is 7.03. The molecule has 3 aliphatic rings. The smallest absolute Gasteiger partial charge is 0.0128 e. The van der Waals surface area contributed by atoms with Crippen LogP contribution in [0.2, 0.25) is 0 Å². The topological polar surface area (TPSA) is 0 Å². The number of hydrogen-bond acceptors (Lipinski definition) is 0. The minimum atomic E-state index is 0.936. The fourth-order valence-corrected chi connectivity index (χ4v) is 4.63. The van der Waals surface area contributed by atoms with Crippen molar-refractivity contribution in [3.05, 3.63) is 34.4 Å². The van der Waals surface area contributed by atoms with Crippen LogP contribution in [-0.4, -0.2) is 0 Å². The molecule has 4 rings (SSSR count). The van der Waals surface area contributed by atoms with Crippen LogP contribution < -0.4 is 0 Å². The van der Waals surface area contributed by atoms with Crippen molar-refractivity contribution < 1.29 is 0 Å². The van der Waals surface area contributed by atoms with Gasteiger partial charge in [0.1, 0.15) is 0 Å². The van der Waals surface area contributed by atoms with Crippen LogP contribution in [-0.2, 0) is 19.3 Å². The minimum Gasteiger partial charge on any atom is -0.0585 e. The highest BCUT2D eigenvalue weighted by Crippen LogP contribution is 2.48. The molecule has 0 saturated heterocycles. The van der Waals surface area contributed by atoms with Gasteiger partial charge in [0.25, 0.3) is 0 Å². The van der Waals surface area contributed by atoms with Gasteiger partial charge in [-0.15, -0.1) is 0 Å². The van der Waals surface area contributed by atoms with Crippen molar-refractivity contribution in [2.45, 2.75) is 63.7 Å². The lowest BCUT2D eigenvalue weighted by molar-refractivity contribution is 0.330. The molecule has 0 aromatic heterocycles. The lowest BCUT2D eigenvalue weighted by atomic mass is 9.79. The molecule has 1 saturated carbocycles. The fourth-order valence-electron chi connectivity index (χ4n) is 4.63. The van der Waals surface area contributed by atoms with E-state index in [1.165, 1.54) is 57.8 Å². The van der Waals surface area contributed by atoms with E-state index in [0.717, 1.165) is 11.8 Å². The second-order valence-electron chi connectivity index (χ2n) is 6.33. The Balaban J connectivity index is 1.81. The number of fused-ring (bicyclic) bond motifs is 5. The summed E-state index contributed by atoms with van der Waals surface area (Å²) in [6, 6.07) is 4.96. The molecule has 17 heavy (non-hydrogen) atoms. The third kappa shape index (κ3) is 1.49. The van der Waals surface area contributed by atoms with Gasteiger partial charge in [-0.1, -0.05) is 25.0 Å². The van der Waals surface area contributed by atoms with Gasteiger partial charge in [-0.25, -0.2) is 0 Å². The molecule has 3 aliphatic carbocycles. The Bertz CT molecular complexity index is 444. The SMILES string of the molecule is c1cc2c(c3c1CCCC3)CC1CCCCC21. The van der Waals surface area contributed by atoms with E-state index >= 15 is 0 Å². The Kier molecular flexibility index (Phi) is 2.31. The van der Waals surface area contributed by atoms with Crippen LogP contribution in [0.25, 0.3) is 0 Å². The van der Waals surface area contributed by atoms with Crippen molar-refractivity contribution in [1.29, 1.82) is 0 Å². The van der Waals surface area contributed by atoms with Gasteiger partial charge < -0.3 is 0 Å². The summed E-state index contributed by atoms with van der Waals surface area (Å²) in [5.74, 6) is 1.94. The summed E-state index contributed by atoms with van der Waals surface area (Å²) in [7, 11) is 0. The van der Waals surface area contributed by atoms with Gasteiger partial charge in [0, 0.05) is 0 Å².